The van der Waals surface area contributed by atoms with Crippen molar-refractivity contribution in [3.05, 3.63) is 64.1 Å². The molecule has 0 aliphatic rings. The van der Waals surface area contributed by atoms with Crippen molar-refractivity contribution in [3.8, 4) is 6.07 Å². The van der Waals surface area contributed by atoms with Gasteiger partial charge in [0.15, 0.2) is 0 Å². The van der Waals surface area contributed by atoms with E-state index in [-0.39, 0.29) is 5.82 Å². The van der Waals surface area contributed by atoms with Gasteiger partial charge in [-0.3, -0.25) is 4.98 Å². The van der Waals surface area contributed by atoms with Crippen molar-refractivity contribution in [1.29, 1.82) is 5.26 Å². The third-order valence-corrected chi connectivity index (χ3v) is 3.73. The molecule has 96 valence electrons. The Morgan fingerprint density at radius 2 is 2.00 bits per heavy atom. The van der Waals surface area contributed by atoms with Gasteiger partial charge in [-0.15, -0.1) is 0 Å². The Labute approximate surface area is 120 Å². The van der Waals surface area contributed by atoms with Gasteiger partial charge in [0.25, 0.3) is 0 Å². The molecular formula is C15H12BrFN2. The van der Waals surface area contributed by atoms with Gasteiger partial charge >= 0.3 is 0 Å². The fourth-order valence-electron chi connectivity index (χ4n) is 2.12. The van der Waals surface area contributed by atoms with Crippen LogP contribution >= 0.6 is 15.9 Å². The van der Waals surface area contributed by atoms with Crippen LogP contribution in [0.5, 0.6) is 0 Å². The summed E-state index contributed by atoms with van der Waals surface area (Å²) in [5.74, 6) is -0.368. The van der Waals surface area contributed by atoms with Crippen molar-refractivity contribution in [3.63, 3.8) is 0 Å². The van der Waals surface area contributed by atoms with E-state index in [1.807, 2.05) is 12.1 Å². The van der Waals surface area contributed by atoms with Crippen LogP contribution in [-0.2, 0) is 11.8 Å². The molecule has 1 aromatic heterocycles. The molecule has 0 radical (unpaired) electrons. The second-order valence-electron chi connectivity index (χ2n) is 4.57. The van der Waals surface area contributed by atoms with Crippen LogP contribution in [0.15, 0.2) is 47.2 Å². The maximum Gasteiger partial charge on any atom is 0.129 e. The molecule has 0 amide bonds. The summed E-state index contributed by atoms with van der Waals surface area (Å²) in [4.78, 5) is 3.94. The van der Waals surface area contributed by atoms with Crippen molar-refractivity contribution in [2.24, 2.45) is 0 Å². The zero-order valence-corrected chi connectivity index (χ0v) is 12.0. The third-order valence-electron chi connectivity index (χ3n) is 3.07. The zero-order valence-electron chi connectivity index (χ0n) is 10.4. The van der Waals surface area contributed by atoms with Crippen molar-refractivity contribution < 1.29 is 4.39 Å². The minimum atomic E-state index is -0.925. The fourth-order valence-corrected chi connectivity index (χ4v) is 2.90. The van der Waals surface area contributed by atoms with Crippen molar-refractivity contribution >= 4 is 15.9 Å². The summed E-state index contributed by atoms with van der Waals surface area (Å²) in [6.45, 7) is 1.75. The van der Waals surface area contributed by atoms with E-state index in [1.165, 1.54) is 6.07 Å². The molecule has 1 heterocycles. The van der Waals surface area contributed by atoms with Gasteiger partial charge in [-0.2, -0.15) is 5.26 Å². The first-order valence-corrected chi connectivity index (χ1v) is 6.61. The maximum atomic E-state index is 14.0. The fraction of sp³-hybridized carbons (Fsp3) is 0.200. The zero-order chi connectivity index (χ0) is 13.9. The quantitative estimate of drug-likeness (QED) is 0.857. The minimum absolute atomic E-state index is 0.368. The van der Waals surface area contributed by atoms with Crippen molar-refractivity contribution in [2.75, 3.05) is 0 Å². The van der Waals surface area contributed by atoms with E-state index in [9.17, 15) is 9.65 Å². The van der Waals surface area contributed by atoms with Crippen LogP contribution in [0.2, 0.25) is 0 Å². The molecule has 1 aromatic carbocycles. The number of rotatable bonds is 3. The molecule has 1 unspecified atom stereocenters. The van der Waals surface area contributed by atoms with E-state index in [2.05, 4.69) is 27.0 Å². The normalized spacial score (nSPS) is 13.6. The number of nitriles is 1. The first-order valence-electron chi connectivity index (χ1n) is 5.81. The van der Waals surface area contributed by atoms with Gasteiger partial charge in [-0.25, -0.2) is 4.39 Å². The van der Waals surface area contributed by atoms with E-state index in [0.29, 0.717) is 16.5 Å². The Kier molecular flexibility index (Phi) is 3.96. The number of nitrogens with zero attached hydrogens (tertiary/aromatic N) is 2. The molecule has 2 nitrogen and oxygen atoms in total. The van der Waals surface area contributed by atoms with Gasteiger partial charge in [-0.1, -0.05) is 22.0 Å². The monoisotopic (exact) mass is 318 g/mol. The van der Waals surface area contributed by atoms with Gasteiger partial charge in [0.2, 0.25) is 0 Å². The number of hydrogen-bond donors (Lipinski definition) is 0. The number of pyridine rings is 1. The Morgan fingerprint density at radius 3 is 2.58 bits per heavy atom. The Bertz CT molecular complexity index is 602. The molecule has 0 N–H and O–H groups in total. The summed E-state index contributed by atoms with van der Waals surface area (Å²) < 4.78 is 14.7. The molecule has 19 heavy (non-hydrogen) atoms. The van der Waals surface area contributed by atoms with Gasteiger partial charge in [0.1, 0.15) is 5.82 Å². The molecule has 0 bridgehead atoms. The van der Waals surface area contributed by atoms with Crippen LogP contribution in [0, 0.1) is 17.1 Å². The van der Waals surface area contributed by atoms with Crippen LogP contribution in [-0.4, -0.2) is 4.98 Å². The summed E-state index contributed by atoms with van der Waals surface area (Å²) in [6, 6.07) is 10.7. The summed E-state index contributed by atoms with van der Waals surface area (Å²) in [5.41, 5.74) is 0.425. The van der Waals surface area contributed by atoms with Crippen molar-refractivity contribution in [2.45, 2.75) is 18.8 Å². The lowest BCUT2D eigenvalue weighted by atomic mass is 9.78. The highest BCUT2D eigenvalue weighted by Gasteiger charge is 2.32. The highest BCUT2D eigenvalue weighted by Crippen LogP contribution is 2.34. The average molecular weight is 319 g/mol. The lowest BCUT2D eigenvalue weighted by molar-refractivity contribution is 0.531. The molecule has 2 aromatic rings. The van der Waals surface area contributed by atoms with Gasteiger partial charge in [0, 0.05) is 22.4 Å². The van der Waals surface area contributed by atoms with E-state index in [1.54, 1.807) is 31.5 Å². The molecule has 0 saturated heterocycles. The summed E-state index contributed by atoms with van der Waals surface area (Å²) in [7, 11) is 0. The average Bonchev–Trinajstić information content (AvgIpc) is 2.39. The second-order valence-corrected chi connectivity index (χ2v) is 5.43. The summed E-state index contributed by atoms with van der Waals surface area (Å²) >= 11 is 3.33. The Balaban J connectivity index is 2.47. The smallest absolute Gasteiger partial charge is 0.129 e. The molecule has 0 saturated carbocycles. The van der Waals surface area contributed by atoms with E-state index < -0.39 is 5.41 Å². The van der Waals surface area contributed by atoms with E-state index >= 15 is 0 Å². The first-order chi connectivity index (χ1) is 9.07. The molecule has 4 heteroatoms. The van der Waals surface area contributed by atoms with Gasteiger partial charge in [0.05, 0.1) is 11.5 Å². The molecule has 0 fully saturated rings. The molecule has 2 rings (SSSR count). The molecular weight excluding hydrogens is 307 g/mol. The van der Waals surface area contributed by atoms with Crippen LogP contribution in [0.25, 0.3) is 0 Å². The maximum absolute atomic E-state index is 14.0. The summed E-state index contributed by atoms with van der Waals surface area (Å²) in [5, 5.41) is 9.50. The highest BCUT2D eigenvalue weighted by atomic mass is 79.9. The number of halogens is 2. The largest absolute Gasteiger partial charge is 0.265 e. The number of aromatic nitrogens is 1. The van der Waals surface area contributed by atoms with E-state index in [0.717, 1.165) is 5.56 Å². The predicted molar refractivity (Wildman–Crippen MR) is 75.0 cm³/mol. The Hall–Kier alpha value is -1.73. The molecule has 1 atom stereocenters. The summed E-state index contributed by atoms with van der Waals surface area (Å²) in [6.07, 6.45) is 3.78. The van der Waals surface area contributed by atoms with Crippen LogP contribution < -0.4 is 0 Å². The van der Waals surface area contributed by atoms with Gasteiger partial charge in [-0.05, 0) is 43.2 Å². The highest BCUT2D eigenvalue weighted by molar-refractivity contribution is 9.10. The minimum Gasteiger partial charge on any atom is -0.265 e. The third kappa shape index (κ3) is 2.82. The SMILES string of the molecule is CC(C#N)(Cc1ccncc1)c1c(F)cccc1Br. The Morgan fingerprint density at radius 1 is 1.32 bits per heavy atom. The van der Waals surface area contributed by atoms with Gasteiger partial charge < -0.3 is 0 Å². The van der Waals surface area contributed by atoms with Crippen LogP contribution in [0.3, 0.4) is 0 Å². The second kappa shape index (κ2) is 5.50. The van der Waals surface area contributed by atoms with Crippen LogP contribution in [0.4, 0.5) is 4.39 Å². The molecule has 0 spiro atoms. The standard InChI is InChI=1S/C15H12BrFN2/c1-15(10-18,9-11-5-7-19-8-6-11)14-12(16)3-2-4-13(14)17/h2-8H,9H2,1H3. The lowest BCUT2D eigenvalue weighted by Gasteiger charge is -2.24. The van der Waals surface area contributed by atoms with Crippen molar-refractivity contribution in [1.82, 2.24) is 4.98 Å². The lowest BCUT2D eigenvalue weighted by Crippen LogP contribution is -2.25. The molecule has 0 aliphatic carbocycles. The number of hydrogen-bond acceptors (Lipinski definition) is 2. The number of benzene rings is 1. The van der Waals surface area contributed by atoms with Crippen LogP contribution in [0.1, 0.15) is 18.1 Å². The first kappa shape index (κ1) is 13.7. The van der Waals surface area contributed by atoms with E-state index in [4.69, 9.17) is 0 Å². The predicted octanol–water partition coefficient (Wildman–Crippen LogP) is 4.01. The molecule has 0 aliphatic heterocycles. The topological polar surface area (TPSA) is 36.7 Å².